The van der Waals surface area contributed by atoms with Crippen molar-refractivity contribution in [2.24, 2.45) is 35.5 Å². The van der Waals surface area contributed by atoms with Crippen molar-refractivity contribution in [2.75, 3.05) is 27.9 Å². The second-order valence-corrected chi connectivity index (χ2v) is 19.6. The first-order valence-corrected chi connectivity index (χ1v) is 23.9. The van der Waals surface area contributed by atoms with Gasteiger partial charge in [0.1, 0.15) is 30.1 Å². The van der Waals surface area contributed by atoms with E-state index in [9.17, 15) is 39.3 Å². The largest absolute Gasteiger partial charge is 0.460 e. The molecule has 1 amide bonds. The van der Waals surface area contributed by atoms with Crippen LogP contribution in [0.3, 0.4) is 0 Å². The van der Waals surface area contributed by atoms with Crippen molar-refractivity contribution in [1.82, 2.24) is 4.90 Å². The molecule has 15 atom stereocenters. The number of piperidine rings is 1. The highest BCUT2D eigenvalue weighted by atomic mass is 16.6. The molecule has 0 spiro atoms. The number of hydrogen-bond donors (Lipinski definition) is 3. The summed E-state index contributed by atoms with van der Waals surface area (Å²) in [4.78, 5) is 71.8. The Kier molecular flexibility index (Phi) is 21.0. The summed E-state index contributed by atoms with van der Waals surface area (Å²) >= 11 is 0. The zero-order valence-corrected chi connectivity index (χ0v) is 40.6. The quantitative estimate of drug-likeness (QED) is 0.156. The first-order chi connectivity index (χ1) is 30.7. The maximum Gasteiger partial charge on any atom is 0.329 e. The molecule has 14 heteroatoms. The first-order valence-electron chi connectivity index (χ1n) is 23.9. The fraction of sp³-hybridized carbons (Fsp3) is 0.745. The van der Waals surface area contributed by atoms with Crippen LogP contribution in [0.4, 0.5) is 0 Å². The molecule has 0 radical (unpaired) electrons. The van der Waals surface area contributed by atoms with Crippen LogP contribution < -0.4 is 0 Å². The minimum atomic E-state index is -2.43. The van der Waals surface area contributed by atoms with Gasteiger partial charge in [-0.05, 0) is 107 Å². The van der Waals surface area contributed by atoms with Gasteiger partial charge in [0.15, 0.2) is 5.78 Å². The SMILES string of the molecule is COC1CC2CCC(C)[C@](O)(O2)C(=O)C(=O)N2CCCCC2C(=O)OC(C(C)CC2CCC(O)C(OC)C2)CC(=O)C(C)/C=C(/C)C(O)C(OC)C(=O)C(C)CC(C)/C=C\C=CC=C1C. The minimum Gasteiger partial charge on any atom is -0.460 e. The lowest BCUT2D eigenvalue weighted by Crippen LogP contribution is -2.61. The van der Waals surface area contributed by atoms with E-state index in [0.717, 1.165) is 12.0 Å². The fourth-order valence-electron chi connectivity index (χ4n) is 10.1. The summed E-state index contributed by atoms with van der Waals surface area (Å²) in [6.45, 7) is 12.7. The number of esters is 1. The van der Waals surface area contributed by atoms with Gasteiger partial charge in [-0.15, -0.1) is 0 Å². The van der Waals surface area contributed by atoms with Crippen LogP contribution in [-0.4, -0.2) is 132 Å². The van der Waals surface area contributed by atoms with E-state index >= 15 is 0 Å². The predicted octanol–water partition coefficient (Wildman–Crippen LogP) is 6.18. The van der Waals surface area contributed by atoms with Crippen molar-refractivity contribution < 1.29 is 63.0 Å². The average Bonchev–Trinajstić information content (AvgIpc) is 3.28. The summed E-state index contributed by atoms with van der Waals surface area (Å²) in [5, 5.41) is 33.8. The van der Waals surface area contributed by atoms with Crippen LogP contribution in [0.25, 0.3) is 0 Å². The molecule has 3 aliphatic heterocycles. The van der Waals surface area contributed by atoms with E-state index in [2.05, 4.69) is 0 Å². The standard InChI is InChI=1S/C51H79NO13/c1-30-16-12-11-13-17-31(2)42(61-8)28-38-21-19-36(7)51(60,65-38)48(57)49(58)52-23-15-14-18-39(52)50(59)64-43(33(4)26-37-20-22-40(53)44(27-37)62-9)29-41(54)32(3)25-35(6)46(56)47(63-10)45(55)34(5)24-30/h11-13,16-17,25,30,32-34,36-40,42-44,46-47,53,56,60H,14-15,18-24,26-29H2,1-10H3/b13-11?,16-12-,31-17?,35-25-/t30?,32?,33?,34?,36?,37?,38?,39?,40?,42?,43?,44?,46?,47?,51-/m0/s1. The molecule has 3 fully saturated rings. The lowest BCUT2D eigenvalue weighted by Gasteiger charge is -2.42. The van der Waals surface area contributed by atoms with E-state index in [1.54, 1.807) is 41.1 Å². The minimum absolute atomic E-state index is 0.0193. The third-order valence-electron chi connectivity index (χ3n) is 14.5. The Bertz CT molecular complexity index is 1760. The van der Waals surface area contributed by atoms with Gasteiger partial charge in [-0.2, -0.15) is 0 Å². The molecule has 366 valence electrons. The predicted molar refractivity (Wildman–Crippen MR) is 245 cm³/mol. The summed E-state index contributed by atoms with van der Waals surface area (Å²) in [6, 6.07) is -1.14. The average molecular weight is 914 g/mol. The number of hydrogen-bond acceptors (Lipinski definition) is 13. The zero-order chi connectivity index (χ0) is 48.2. The maximum atomic E-state index is 14.4. The maximum absolute atomic E-state index is 14.4. The number of ketones is 3. The molecule has 1 aliphatic carbocycles. The number of rotatable bonds is 6. The van der Waals surface area contributed by atoms with Gasteiger partial charge in [-0.1, -0.05) is 71.1 Å². The van der Waals surface area contributed by atoms with Gasteiger partial charge in [0, 0.05) is 58.5 Å². The molecule has 4 aliphatic rings. The van der Waals surface area contributed by atoms with E-state index in [0.29, 0.717) is 63.4 Å². The number of cyclic esters (lactones) is 1. The van der Waals surface area contributed by atoms with Crippen molar-refractivity contribution in [3.63, 3.8) is 0 Å². The van der Waals surface area contributed by atoms with E-state index in [1.807, 2.05) is 58.1 Å². The van der Waals surface area contributed by atoms with E-state index < -0.39 is 83.9 Å². The summed E-state index contributed by atoms with van der Waals surface area (Å²) in [5.74, 6) is -7.96. The summed E-state index contributed by atoms with van der Waals surface area (Å²) in [6.07, 6.45) is 11.2. The van der Waals surface area contributed by atoms with Crippen molar-refractivity contribution in [2.45, 2.75) is 180 Å². The van der Waals surface area contributed by atoms with Crippen molar-refractivity contribution in [3.8, 4) is 0 Å². The molecule has 0 aromatic heterocycles. The third-order valence-corrected chi connectivity index (χ3v) is 14.5. The summed E-state index contributed by atoms with van der Waals surface area (Å²) < 4.78 is 29.4. The van der Waals surface area contributed by atoms with Gasteiger partial charge in [-0.25, -0.2) is 4.79 Å². The monoisotopic (exact) mass is 914 g/mol. The molecule has 65 heavy (non-hydrogen) atoms. The molecule has 0 aromatic rings. The Morgan fingerprint density at radius 1 is 0.846 bits per heavy atom. The van der Waals surface area contributed by atoms with Crippen LogP contribution in [0.5, 0.6) is 0 Å². The fourth-order valence-corrected chi connectivity index (χ4v) is 10.1. The summed E-state index contributed by atoms with van der Waals surface area (Å²) in [5.41, 5.74) is 1.27. The number of Topliss-reactive ketones (excluding diaryl/α,β-unsaturated/α-hetero) is 3. The van der Waals surface area contributed by atoms with E-state index in [-0.39, 0.29) is 54.8 Å². The Labute approximate surface area is 387 Å². The molecule has 4 rings (SSSR count). The number of allylic oxidation sites excluding steroid dienone is 6. The van der Waals surface area contributed by atoms with Gasteiger partial charge in [0.25, 0.3) is 11.7 Å². The van der Waals surface area contributed by atoms with Gasteiger partial charge in [0.05, 0.1) is 24.4 Å². The topological polar surface area (TPSA) is 195 Å². The Morgan fingerprint density at radius 3 is 2.25 bits per heavy atom. The second kappa shape index (κ2) is 25.1. The van der Waals surface area contributed by atoms with Gasteiger partial charge in [-0.3, -0.25) is 19.2 Å². The smallest absolute Gasteiger partial charge is 0.329 e. The Hall–Kier alpha value is -3.37. The van der Waals surface area contributed by atoms with Crippen LogP contribution in [-0.2, 0) is 47.7 Å². The number of amides is 1. The van der Waals surface area contributed by atoms with Gasteiger partial charge < -0.3 is 43.9 Å². The molecular weight excluding hydrogens is 835 g/mol. The normalized spacial score (nSPS) is 39.1. The highest BCUT2D eigenvalue weighted by Gasteiger charge is 2.53. The molecule has 14 unspecified atom stereocenters. The number of aliphatic hydroxyl groups is 3. The lowest BCUT2D eigenvalue weighted by molar-refractivity contribution is -0.265. The Balaban J connectivity index is 1.70. The number of aliphatic hydroxyl groups excluding tert-OH is 2. The zero-order valence-electron chi connectivity index (χ0n) is 40.6. The Morgan fingerprint density at radius 2 is 1.57 bits per heavy atom. The van der Waals surface area contributed by atoms with Crippen LogP contribution in [0.15, 0.2) is 47.6 Å². The van der Waals surface area contributed by atoms with Crippen LogP contribution in [0.2, 0.25) is 0 Å². The number of carbonyl (C=O) groups excluding carboxylic acids is 5. The number of methoxy groups -OCH3 is 3. The molecule has 3 N–H and O–H groups in total. The van der Waals surface area contributed by atoms with Crippen LogP contribution >= 0.6 is 0 Å². The van der Waals surface area contributed by atoms with Gasteiger partial charge in [0.2, 0.25) is 5.79 Å². The number of carbonyl (C=O) groups is 5. The van der Waals surface area contributed by atoms with Crippen LogP contribution in [0, 0.1) is 35.5 Å². The molecular formula is C51H79NO13. The molecule has 3 heterocycles. The second-order valence-electron chi connectivity index (χ2n) is 19.6. The van der Waals surface area contributed by atoms with E-state index in [1.165, 1.54) is 12.0 Å². The van der Waals surface area contributed by atoms with Crippen molar-refractivity contribution in [1.29, 1.82) is 0 Å². The highest BCUT2D eigenvalue weighted by Crippen LogP contribution is 2.38. The molecule has 1 saturated carbocycles. The molecule has 0 aromatic carbocycles. The van der Waals surface area contributed by atoms with Crippen molar-refractivity contribution >= 4 is 29.2 Å². The lowest BCUT2D eigenvalue weighted by atomic mass is 9.78. The van der Waals surface area contributed by atoms with E-state index in [4.69, 9.17) is 23.7 Å². The number of nitrogens with zero attached hydrogens (tertiary/aromatic N) is 1. The highest BCUT2D eigenvalue weighted by molar-refractivity contribution is 6.39. The van der Waals surface area contributed by atoms with Gasteiger partial charge >= 0.3 is 5.97 Å². The number of ether oxygens (including phenoxy) is 5. The molecule has 14 nitrogen and oxygen atoms in total. The van der Waals surface area contributed by atoms with Crippen LogP contribution in [0.1, 0.15) is 126 Å². The van der Waals surface area contributed by atoms with Crippen molar-refractivity contribution in [3.05, 3.63) is 47.6 Å². The number of fused-ring (bicyclic) bond motifs is 3. The summed E-state index contributed by atoms with van der Waals surface area (Å²) in [7, 11) is 4.52. The first kappa shape index (κ1) is 54.2. The third kappa shape index (κ3) is 14.3. The molecule has 2 bridgehead atoms. The molecule has 2 saturated heterocycles.